The van der Waals surface area contributed by atoms with Gasteiger partial charge >= 0.3 is 0 Å². The zero-order valence-electron chi connectivity index (χ0n) is 11.2. The van der Waals surface area contributed by atoms with Crippen LogP contribution in [-0.2, 0) is 16.4 Å². The molecule has 0 amide bonds. The standard InChI is InChI=1S/C14H15N3O2S2/c15-9-4-7-13-11-16-14(20-13)17-21(18,19)10-8-12-5-2-1-3-6-12/h1-3,5-6,11H,8-10,15H2,(H,16,17). The van der Waals surface area contributed by atoms with Crippen molar-refractivity contribution in [3.05, 3.63) is 47.0 Å². The maximum atomic E-state index is 12.0. The number of anilines is 1. The highest BCUT2D eigenvalue weighted by Gasteiger charge is 2.12. The van der Waals surface area contributed by atoms with E-state index >= 15 is 0 Å². The average Bonchev–Trinajstić information content (AvgIpc) is 2.91. The zero-order chi connectivity index (χ0) is 15.1. The molecule has 0 bridgehead atoms. The third-order valence-electron chi connectivity index (χ3n) is 2.56. The fourth-order valence-electron chi connectivity index (χ4n) is 1.60. The third kappa shape index (κ3) is 5.19. The van der Waals surface area contributed by atoms with E-state index in [4.69, 9.17) is 5.73 Å². The van der Waals surface area contributed by atoms with Crippen LogP contribution in [0.3, 0.4) is 0 Å². The Hall–Kier alpha value is -1.88. The first kappa shape index (κ1) is 15.5. The van der Waals surface area contributed by atoms with Crippen LogP contribution in [0.5, 0.6) is 0 Å². The predicted molar refractivity (Wildman–Crippen MR) is 85.6 cm³/mol. The summed E-state index contributed by atoms with van der Waals surface area (Å²) in [6, 6.07) is 9.48. The smallest absolute Gasteiger partial charge is 0.234 e. The first-order valence-electron chi connectivity index (χ1n) is 6.28. The molecule has 2 aromatic rings. The van der Waals surface area contributed by atoms with Crippen molar-refractivity contribution in [2.45, 2.75) is 6.42 Å². The van der Waals surface area contributed by atoms with Crippen molar-refractivity contribution in [2.75, 3.05) is 17.0 Å². The van der Waals surface area contributed by atoms with Crippen LogP contribution < -0.4 is 10.5 Å². The number of thiazole rings is 1. The van der Waals surface area contributed by atoms with Crippen LogP contribution in [0.15, 0.2) is 36.5 Å². The molecule has 0 aliphatic heterocycles. The van der Waals surface area contributed by atoms with Crippen molar-refractivity contribution in [3.8, 4) is 11.8 Å². The largest absolute Gasteiger partial charge is 0.320 e. The van der Waals surface area contributed by atoms with E-state index in [1.165, 1.54) is 17.5 Å². The Morgan fingerprint density at radius 1 is 1.29 bits per heavy atom. The highest BCUT2D eigenvalue weighted by Crippen LogP contribution is 2.18. The van der Waals surface area contributed by atoms with E-state index in [1.807, 2.05) is 30.3 Å². The number of aromatic nitrogens is 1. The molecule has 7 heteroatoms. The second kappa shape index (κ2) is 7.22. The van der Waals surface area contributed by atoms with Gasteiger partial charge in [0.25, 0.3) is 0 Å². The summed E-state index contributed by atoms with van der Waals surface area (Å²) < 4.78 is 26.5. The number of nitrogens with two attached hydrogens (primary N) is 1. The van der Waals surface area contributed by atoms with Crippen molar-refractivity contribution in [3.63, 3.8) is 0 Å². The van der Waals surface area contributed by atoms with Crippen LogP contribution in [0.1, 0.15) is 10.4 Å². The number of hydrogen-bond acceptors (Lipinski definition) is 5. The minimum atomic E-state index is -3.41. The van der Waals surface area contributed by atoms with E-state index in [1.54, 1.807) is 0 Å². The molecule has 0 saturated carbocycles. The lowest BCUT2D eigenvalue weighted by atomic mass is 10.2. The van der Waals surface area contributed by atoms with Crippen LogP contribution in [0.4, 0.5) is 5.13 Å². The van der Waals surface area contributed by atoms with Crippen LogP contribution in [0, 0.1) is 11.8 Å². The summed E-state index contributed by atoms with van der Waals surface area (Å²) in [5.74, 6) is 5.53. The number of nitrogens with zero attached hydrogens (tertiary/aromatic N) is 1. The molecule has 0 radical (unpaired) electrons. The highest BCUT2D eigenvalue weighted by atomic mass is 32.2. The lowest BCUT2D eigenvalue weighted by molar-refractivity contribution is 0.600. The number of hydrogen-bond donors (Lipinski definition) is 2. The lowest BCUT2D eigenvalue weighted by Crippen LogP contribution is -2.18. The van der Waals surface area contributed by atoms with Gasteiger partial charge in [0.05, 0.1) is 23.4 Å². The maximum Gasteiger partial charge on any atom is 0.234 e. The molecule has 0 unspecified atom stereocenters. The van der Waals surface area contributed by atoms with Crippen molar-refractivity contribution in [1.29, 1.82) is 0 Å². The number of rotatable bonds is 5. The van der Waals surface area contributed by atoms with Crippen molar-refractivity contribution in [1.82, 2.24) is 4.98 Å². The van der Waals surface area contributed by atoms with Gasteiger partial charge in [-0.15, -0.1) is 0 Å². The van der Waals surface area contributed by atoms with Crippen LogP contribution >= 0.6 is 11.3 Å². The molecular weight excluding hydrogens is 306 g/mol. The van der Waals surface area contributed by atoms with E-state index in [2.05, 4.69) is 21.5 Å². The van der Waals surface area contributed by atoms with Crippen LogP contribution in [0.25, 0.3) is 0 Å². The Balaban J connectivity index is 1.96. The van der Waals surface area contributed by atoms with Gasteiger partial charge in [-0.05, 0) is 12.0 Å². The molecule has 0 atom stereocenters. The Morgan fingerprint density at radius 3 is 2.76 bits per heavy atom. The molecule has 1 aromatic carbocycles. The van der Waals surface area contributed by atoms with Gasteiger partial charge in [0.2, 0.25) is 10.0 Å². The summed E-state index contributed by atoms with van der Waals surface area (Å²) in [5.41, 5.74) is 6.26. The molecule has 3 N–H and O–H groups in total. The van der Waals surface area contributed by atoms with E-state index in [0.717, 1.165) is 5.56 Å². The summed E-state index contributed by atoms with van der Waals surface area (Å²) in [6.07, 6.45) is 1.99. The molecular formula is C14H15N3O2S2. The summed E-state index contributed by atoms with van der Waals surface area (Å²) in [4.78, 5) is 4.68. The van der Waals surface area contributed by atoms with Crippen molar-refractivity contribution in [2.24, 2.45) is 5.73 Å². The quantitative estimate of drug-likeness (QED) is 0.816. The lowest BCUT2D eigenvalue weighted by Gasteiger charge is -2.04. The molecule has 0 aliphatic rings. The minimum Gasteiger partial charge on any atom is -0.320 e. The van der Waals surface area contributed by atoms with Gasteiger partial charge in [0, 0.05) is 0 Å². The van der Waals surface area contributed by atoms with Gasteiger partial charge in [-0.25, -0.2) is 13.4 Å². The molecule has 0 spiro atoms. The van der Waals surface area contributed by atoms with E-state index in [9.17, 15) is 8.42 Å². The molecule has 0 saturated heterocycles. The van der Waals surface area contributed by atoms with Gasteiger partial charge in [-0.3, -0.25) is 4.72 Å². The third-order valence-corrected chi connectivity index (χ3v) is 4.77. The van der Waals surface area contributed by atoms with Crippen molar-refractivity contribution >= 4 is 26.5 Å². The summed E-state index contributed by atoms with van der Waals surface area (Å²) in [6.45, 7) is 0.260. The fourth-order valence-corrected chi connectivity index (χ4v) is 3.61. The maximum absolute atomic E-state index is 12.0. The second-order valence-electron chi connectivity index (χ2n) is 4.19. The normalized spacial score (nSPS) is 10.7. The molecule has 5 nitrogen and oxygen atoms in total. The fraction of sp³-hybridized carbons (Fsp3) is 0.214. The Bertz CT molecular complexity index is 743. The Kier molecular flexibility index (Phi) is 5.33. The van der Waals surface area contributed by atoms with Crippen LogP contribution in [0.2, 0.25) is 0 Å². The SMILES string of the molecule is NCC#Cc1cnc(NS(=O)(=O)CCc2ccccc2)s1. The molecule has 110 valence electrons. The highest BCUT2D eigenvalue weighted by molar-refractivity contribution is 7.92. The molecule has 0 aliphatic carbocycles. The van der Waals surface area contributed by atoms with E-state index in [0.29, 0.717) is 16.4 Å². The first-order chi connectivity index (χ1) is 10.1. The topological polar surface area (TPSA) is 85.1 Å². The number of nitrogens with one attached hydrogen (secondary N) is 1. The van der Waals surface area contributed by atoms with Crippen LogP contribution in [-0.4, -0.2) is 25.7 Å². The average molecular weight is 321 g/mol. The number of aryl methyl sites for hydroxylation is 1. The summed E-state index contributed by atoms with van der Waals surface area (Å²) >= 11 is 1.19. The Morgan fingerprint density at radius 2 is 2.05 bits per heavy atom. The van der Waals surface area contributed by atoms with Crippen molar-refractivity contribution < 1.29 is 8.42 Å². The summed E-state index contributed by atoms with van der Waals surface area (Å²) in [5, 5.41) is 0.324. The molecule has 2 rings (SSSR count). The van der Waals surface area contributed by atoms with Gasteiger partial charge in [0.15, 0.2) is 5.13 Å². The number of sulfonamides is 1. The molecule has 1 heterocycles. The Labute approximate surface area is 128 Å². The van der Waals surface area contributed by atoms with E-state index in [-0.39, 0.29) is 12.3 Å². The zero-order valence-corrected chi connectivity index (χ0v) is 12.9. The summed E-state index contributed by atoms with van der Waals surface area (Å²) in [7, 11) is -3.41. The van der Waals surface area contributed by atoms with Gasteiger partial charge in [-0.2, -0.15) is 0 Å². The molecule has 0 fully saturated rings. The molecule has 1 aromatic heterocycles. The van der Waals surface area contributed by atoms with E-state index < -0.39 is 10.0 Å². The number of benzene rings is 1. The monoisotopic (exact) mass is 321 g/mol. The first-order valence-corrected chi connectivity index (χ1v) is 8.75. The van der Waals surface area contributed by atoms with Gasteiger partial charge in [0.1, 0.15) is 0 Å². The minimum absolute atomic E-state index is 0.0143. The predicted octanol–water partition coefficient (Wildman–Crippen LogP) is 1.44. The van der Waals surface area contributed by atoms with Gasteiger partial charge in [-0.1, -0.05) is 53.5 Å². The second-order valence-corrected chi connectivity index (χ2v) is 7.06. The molecule has 21 heavy (non-hydrogen) atoms. The van der Waals surface area contributed by atoms with Gasteiger partial charge < -0.3 is 5.73 Å².